The van der Waals surface area contributed by atoms with Crippen molar-refractivity contribution in [3.8, 4) is 5.88 Å². The third kappa shape index (κ3) is 1.95. The first-order chi connectivity index (χ1) is 6.38. The van der Waals surface area contributed by atoms with Gasteiger partial charge in [0.2, 0.25) is 5.88 Å². The van der Waals surface area contributed by atoms with Crippen LogP contribution in [0.15, 0.2) is 12.1 Å². The van der Waals surface area contributed by atoms with Crippen molar-refractivity contribution in [1.29, 1.82) is 0 Å². The summed E-state index contributed by atoms with van der Waals surface area (Å²) >= 11 is 0. The van der Waals surface area contributed by atoms with Gasteiger partial charge < -0.3 is 9.84 Å². The second-order valence-electron chi connectivity index (χ2n) is 3.19. The van der Waals surface area contributed by atoms with Crippen molar-refractivity contribution in [3.05, 3.63) is 17.8 Å². The van der Waals surface area contributed by atoms with Crippen molar-refractivity contribution >= 4 is 0 Å². The van der Waals surface area contributed by atoms with Crippen LogP contribution >= 0.6 is 0 Å². The molecule has 0 atom stereocenters. The fourth-order valence-electron chi connectivity index (χ4n) is 1.15. The number of hydrogen-bond donors (Lipinski definition) is 1. The Labute approximate surface area is 76.6 Å². The van der Waals surface area contributed by atoms with Gasteiger partial charge in [-0.05, 0) is 25.3 Å². The predicted octanol–water partition coefficient (Wildman–Crippen LogP) is 0.900. The van der Waals surface area contributed by atoms with Crippen LogP contribution in [0.2, 0.25) is 0 Å². The normalized spacial score (nSPS) is 16.7. The molecule has 0 spiro atoms. The molecule has 0 aromatic carbocycles. The monoisotopic (exact) mass is 180 g/mol. The Morgan fingerprint density at radius 3 is 2.69 bits per heavy atom. The molecular weight excluding hydrogens is 168 g/mol. The lowest BCUT2D eigenvalue weighted by atomic mass is 9.96. The molecule has 2 rings (SSSR count). The van der Waals surface area contributed by atoms with E-state index in [1.54, 1.807) is 12.1 Å². The maximum Gasteiger partial charge on any atom is 0.233 e. The fraction of sp³-hybridized carbons (Fsp3) is 0.556. The van der Waals surface area contributed by atoms with Crippen LogP contribution in [-0.4, -0.2) is 21.4 Å². The SMILES string of the molecule is OCc1ccc(OC2CCC2)nn1. The molecule has 70 valence electrons. The summed E-state index contributed by atoms with van der Waals surface area (Å²) in [5.41, 5.74) is 0.570. The third-order valence-electron chi connectivity index (χ3n) is 2.20. The van der Waals surface area contributed by atoms with Gasteiger partial charge in [0, 0.05) is 6.07 Å². The van der Waals surface area contributed by atoms with E-state index < -0.39 is 0 Å². The van der Waals surface area contributed by atoms with Gasteiger partial charge in [0.15, 0.2) is 0 Å². The van der Waals surface area contributed by atoms with Crippen molar-refractivity contribution in [2.45, 2.75) is 32.0 Å². The molecule has 1 aliphatic rings. The highest BCUT2D eigenvalue weighted by atomic mass is 16.5. The molecule has 1 aromatic rings. The highest BCUT2D eigenvalue weighted by Gasteiger charge is 2.19. The first-order valence-corrected chi connectivity index (χ1v) is 4.48. The summed E-state index contributed by atoms with van der Waals surface area (Å²) in [4.78, 5) is 0. The first kappa shape index (κ1) is 8.44. The average Bonchev–Trinajstić information content (AvgIpc) is 2.12. The smallest absolute Gasteiger partial charge is 0.233 e. The summed E-state index contributed by atoms with van der Waals surface area (Å²) in [5.74, 6) is 0.557. The van der Waals surface area contributed by atoms with E-state index in [4.69, 9.17) is 9.84 Å². The van der Waals surface area contributed by atoms with E-state index in [2.05, 4.69) is 10.2 Å². The third-order valence-corrected chi connectivity index (χ3v) is 2.20. The van der Waals surface area contributed by atoms with Crippen molar-refractivity contribution in [2.75, 3.05) is 0 Å². The molecule has 0 radical (unpaired) electrons. The number of aliphatic hydroxyl groups is 1. The van der Waals surface area contributed by atoms with Gasteiger partial charge in [-0.25, -0.2) is 0 Å². The van der Waals surface area contributed by atoms with Crippen LogP contribution in [0.1, 0.15) is 25.0 Å². The van der Waals surface area contributed by atoms with E-state index in [1.165, 1.54) is 6.42 Å². The summed E-state index contributed by atoms with van der Waals surface area (Å²) in [7, 11) is 0. The predicted molar refractivity (Wildman–Crippen MR) is 46.2 cm³/mol. The minimum absolute atomic E-state index is 0.0727. The van der Waals surface area contributed by atoms with E-state index in [-0.39, 0.29) is 6.61 Å². The average molecular weight is 180 g/mol. The van der Waals surface area contributed by atoms with Gasteiger partial charge in [0.05, 0.1) is 12.3 Å². The Bertz CT molecular complexity index is 269. The molecule has 0 unspecified atom stereocenters. The van der Waals surface area contributed by atoms with Gasteiger partial charge in [0.25, 0.3) is 0 Å². The molecule has 0 amide bonds. The molecule has 13 heavy (non-hydrogen) atoms. The number of aliphatic hydroxyl groups excluding tert-OH is 1. The van der Waals surface area contributed by atoms with Crippen molar-refractivity contribution < 1.29 is 9.84 Å². The van der Waals surface area contributed by atoms with Crippen LogP contribution in [0.4, 0.5) is 0 Å². The van der Waals surface area contributed by atoms with E-state index in [9.17, 15) is 0 Å². The van der Waals surface area contributed by atoms with E-state index in [1.807, 2.05) is 0 Å². The van der Waals surface area contributed by atoms with Crippen LogP contribution in [0.3, 0.4) is 0 Å². The highest BCUT2D eigenvalue weighted by molar-refractivity contribution is 5.11. The molecule has 4 heteroatoms. The second-order valence-corrected chi connectivity index (χ2v) is 3.19. The number of nitrogens with zero attached hydrogens (tertiary/aromatic N) is 2. The van der Waals surface area contributed by atoms with E-state index in [0.717, 1.165) is 12.8 Å². The minimum atomic E-state index is -0.0727. The van der Waals surface area contributed by atoms with Crippen LogP contribution in [-0.2, 0) is 6.61 Å². The van der Waals surface area contributed by atoms with Gasteiger partial charge in [0.1, 0.15) is 6.10 Å². The molecule has 1 saturated carbocycles. The number of ether oxygens (including phenoxy) is 1. The molecule has 0 saturated heterocycles. The van der Waals surface area contributed by atoms with Crippen LogP contribution in [0.5, 0.6) is 5.88 Å². The summed E-state index contributed by atoms with van der Waals surface area (Å²) in [5, 5.41) is 16.3. The molecular formula is C9H12N2O2. The van der Waals surface area contributed by atoms with Crippen molar-refractivity contribution in [3.63, 3.8) is 0 Å². The summed E-state index contributed by atoms with van der Waals surface area (Å²) in [6, 6.07) is 3.47. The summed E-state index contributed by atoms with van der Waals surface area (Å²) in [6.45, 7) is -0.0727. The molecule has 4 nitrogen and oxygen atoms in total. The standard InChI is InChI=1S/C9H12N2O2/c12-6-7-4-5-9(11-10-7)13-8-2-1-3-8/h4-5,8,12H,1-3,6H2. The zero-order valence-corrected chi connectivity index (χ0v) is 7.31. The van der Waals surface area contributed by atoms with Crippen LogP contribution in [0, 0.1) is 0 Å². The lowest BCUT2D eigenvalue weighted by Crippen LogP contribution is -2.25. The van der Waals surface area contributed by atoms with Gasteiger partial charge in [-0.15, -0.1) is 10.2 Å². The van der Waals surface area contributed by atoms with Gasteiger partial charge in [-0.1, -0.05) is 0 Å². The van der Waals surface area contributed by atoms with Crippen molar-refractivity contribution in [1.82, 2.24) is 10.2 Å². The lowest BCUT2D eigenvalue weighted by molar-refractivity contribution is 0.113. The zero-order chi connectivity index (χ0) is 9.10. The molecule has 1 aliphatic carbocycles. The lowest BCUT2D eigenvalue weighted by Gasteiger charge is -2.25. The van der Waals surface area contributed by atoms with Crippen molar-refractivity contribution in [2.24, 2.45) is 0 Å². The number of aromatic nitrogens is 2. The molecule has 1 N–H and O–H groups in total. The van der Waals surface area contributed by atoms with Gasteiger partial charge >= 0.3 is 0 Å². The number of rotatable bonds is 3. The van der Waals surface area contributed by atoms with Crippen LogP contribution < -0.4 is 4.74 Å². The highest BCUT2D eigenvalue weighted by Crippen LogP contribution is 2.23. The molecule has 0 aliphatic heterocycles. The quantitative estimate of drug-likeness (QED) is 0.750. The van der Waals surface area contributed by atoms with Gasteiger partial charge in [-0.3, -0.25) is 0 Å². The maximum absolute atomic E-state index is 8.72. The Kier molecular flexibility index (Phi) is 2.40. The Balaban J connectivity index is 1.96. The summed E-state index contributed by atoms with van der Waals surface area (Å²) in [6.07, 6.45) is 3.80. The Morgan fingerprint density at radius 1 is 1.38 bits per heavy atom. The Hall–Kier alpha value is -1.16. The second kappa shape index (κ2) is 3.70. The molecule has 1 heterocycles. The van der Waals surface area contributed by atoms with Crippen LogP contribution in [0.25, 0.3) is 0 Å². The largest absolute Gasteiger partial charge is 0.473 e. The summed E-state index contributed by atoms with van der Waals surface area (Å²) < 4.78 is 5.49. The maximum atomic E-state index is 8.72. The van der Waals surface area contributed by atoms with Gasteiger partial charge in [-0.2, -0.15) is 0 Å². The topological polar surface area (TPSA) is 55.2 Å². The fourth-order valence-corrected chi connectivity index (χ4v) is 1.15. The first-order valence-electron chi connectivity index (χ1n) is 4.48. The zero-order valence-electron chi connectivity index (χ0n) is 7.31. The van der Waals surface area contributed by atoms with E-state index in [0.29, 0.717) is 17.7 Å². The molecule has 0 bridgehead atoms. The molecule has 1 aromatic heterocycles. The Morgan fingerprint density at radius 2 is 2.23 bits per heavy atom. The van der Waals surface area contributed by atoms with E-state index >= 15 is 0 Å². The number of hydrogen-bond acceptors (Lipinski definition) is 4. The minimum Gasteiger partial charge on any atom is -0.473 e. The molecule has 1 fully saturated rings.